The molecular formula is C19H23Cl2NO3. The van der Waals surface area contributed by atoms with Crippen molar-refractivity contribution in [2.75, 3.05) is 27.4 Å². The van der Waals surface area contributed by atoms with Gasteiger partial charge in [0.25, 0.3) is 0 Å². The second kappa shape index (κ2) is 10.5. The topological polar surface area (TPSA) is 39.7 Å². The van der Waals surface area contributed by atoms with Gasteiger partial charge >= 0.3 is 0 Å². The fraction of sp³-hybridized carbons (Fsp3) is 0.368. The molecule has 0 heterocycles. The lowest BCUT2D eigenvalue weighted by atomic mass is 10.2. The summed E-state index contributed by atoms with van der Waals surface area (Å²) in [6.07, 6.45) is 0.985. The van der Waals surface area contributed by atoms with E-state index in [9.17, 15) is 0 Å². The third-order valence-corrected chi connectivity index (χ3v) is 4.38. The standard InChI is InChI=1S/C19H23Cl2NO3/c1-23-9-3-8-22-12-14-5-7-18(19(11-14)24-2)25-13-15-4-6-16(20)17(21)10-15/h4-7,10-11,22H,3,8-9,12-13H2,1-2H3. The molecule has 2 aromatic carbocycles. The molecule has 0 saturated carbocycles. The van der Waals surface area contributed by atoms with Gasteiger partial charge in [-0.25, -0.2) is 0 Å². The Hall–Kier alpha value is -1.46. The predicted octanol–water partition coefficient (Wildman–Crippen LogP) is 4.71. The number of hydrogen-bond donors (Lipinski definition) is 1. The highest BCUT2D eigenvalue weighted by Gasteiger charge is 2.07. The monoisotopic (exact) mass is 383 g/mol. The average molecular weight is 384 g/mol. The van der Waals surface area contributed by atoms with Crippen molar-refractivity contribution in [2.45, 2.75) is 19.6 Å². The maximum absolute atomic E-state index is 6.03. The molecule has 0 aliphatic rings. The smallest absolute Gasteiger partial charge is 0.161 e. The van der Waals surface area contributed by atoms with Crippen LogP contribution in [0.4, 0.5) is 0 Å². The van der Waals surface area contributed by atoms with E-state index in [1.54, 1.807) is 26.4 Å². The molecular weight excluding hydrogens is 361 g/mol. The number of halogens is 2. The van der Waals surface area contributed by atoms with Crippen LogP contribution in [0.15, 0.2) is 36.4 Å². The van der Waals surface area contributed by atoms with Gasteiger partial charge in [0.05, 0.1) is 17.2 Å². The van der Waals surface area contributed by atoms with E-state index >= 15 is 0 Å². The van der Waals surface area contributed by atoms with Gasteiger partial charge in [0.2, 0.25) is 0 Å². The summed E-state index contributed by atoms with van der Waals surface area (Å²) in [7, 11) is 3.35. The first-order chi connectivity index (χ1) is 12.1. The molecule has 2 rings (SSSR count). The molecule has 0 aromatic heterocycles. The Morgan fingerprint density at radius 2 is 1.72 bits per heavy atom. The zero-order valence-corrected chi connectivity index (χ0v) is 16.0. The Morgan fingerprint density at radius 1 is 0.920 bits per heavy atom. The van der Waals surface area contributed by atoms with E-state index in [1.807, 2.05) is 24.3 Å². The van der Waals surface area contributed by atoms with Crippen molar-refractivity contribution in [2.24, 2.45) is 0 Å². The summed E-state index contributed by atoms with van der Waals surface area (Å²) in [5.74, 6) is 1.40. The van der Waals surface area contributed by atoms with Gasteiger partial charge < -0.3 is 19.5 Å². The van der Waals surface area contributed by atoms with Gasteiger partial charge in [0.15, 0.2) is 11.5 Å². The zero-order chi connectivity index (χ0) is 18.1. The Labute approximate surface area is 159 Å². The number of methoxy groups -OCH3 is 2. The molecule has 2 aromatic rings. The first-order valence-corrected chi connectivity index (χ1v) is 8.83. The Bertz CT molecular complexity index is 680. The summed E-state index contributed by atoms with van der Waals surface area (Å²) < 4.78 is 16.3. The largest absolute Gasteiger partial charge is 0.493 e. The van der Waals surface area contributed by atoms with E-state index in [1.165, 1.54) is 0 Å². The molecule has 6 heteroatoms. The molecule has 0 radical (unpaired) electrons. The average Bonchev–Trinajstić information content (AvgIpc) is 2.63. The molecule has 0 atom stereocenters. The molecule has 0 saturated heterocycles. The van der Waals surface area contributed by atoms with Gasteiger partial charge in [0.1, 0.15) is 6.61 Å². The van der Waals surface area contributed by atoms with Gasteiger partial charge in [-0.1, -0.05) is 35.3 Å². The second-order valence-electron chi connectivity index (χ2n) is 5.55. The molecule has 0 aliphatic heterocycles. The molecule has 0 aliphatic carbocycles. The van der Waals surface area contributed by atoms with E-state index in [0.29, 0.717) is 28.2 Å². The number of benzene rings is 2. The van der Waals surface area contributed by atoms with Crippen molar-refractivity contribution in [1.29, 1.82) is 0 Å². The van der Waals surface area contributed by atoms with Crippen LogP contribution in [-0.2, 0) is 17.9 Å². The van der Waals surface area contributed by atoms with Gasteiger partial charge in [-0.3, -0.25) is 0 Å². The first-order valence-electron chi connectivity index (χ1n) is 8.07. The van der Waals surface area contributed by atoms with E-state index in [0.717, 1.165) is 37.2 Å². The van der Waals surface area contributed by atoms with E-state index in [-0.39, 0.29) is 0 Å². The van der Waals surface area contributed by atoms with Crippen LogP contribution >= 0.6 is 23.2 Å². The minimum atomic E-state index is 0.391. The summed E-state index contributed by atoms with van der Waals surface area (Å²) >= 11 is 12.0. The fourth-order valence-corrected chi connectivity index (χ4v) is 2.63. The normalized spacial score (nSPS) is 10.7. The molecule has 4 nitrogen and oxygen atoms in total. The third kappa shape index (κ3) is 6.40. The Balaban J connectivity index is 1.92. The zero-order valence-electron chi connectivity index (χ0n) is 14.5. The maximum Gasteiger partial charge on any atom is 0.161 e. The van der Waals surface area contributed by atoms with Crippen molar-refractivity contribution in [3.63, 3.8) is 0 Å². The van der Waals surface area contributed by atoms with Crippen LogP contribution in [-0.4, -0.2) is 27.4 Å². The van der Waals surface area contributed by atoms with Gasteiger partial charge in [0, 0.05) is 20.3 Å². The lowest BCUT2D eigenvalue weighted by Crippen LogP contribution is -2.16. The highest BCUT2D eigenvalue weighted by atomic mass is 35.5. The van der Waals surface area contributed by atoms with Crippen LogP contribution in [0.3, 0.4) is 0 Å². The molecule has 1 N–H and O–H groups in total. The summed E-state index contributed by atoms with van der Waals surface area (Å²) in [4.78, 5) is 0. The van der Waals surface area contributed by atoms with Gasteiger partial charge in [-0.2, -0.15) is 0 Å². The molecule has 0 fully saturated rings. The van der Waals surface area contributed by atoms with E-state index < -0.39 is 0 Å². The highest BCUT2D eigenvalue weighted by molar-refractivity contribution is 6.42. The molecule has 0 bridgehead atoms. The molecule has 0 spiro atoms. The molecule has 0 unspecified atom stereocenters. The molecule has 0 amide bonds. The fourth-order valence-electron chi connectivity index (χ4n) is 2.31. The first kappa shape index (κ1) is 19.9. The predicted molar refractivity (Wildman–Crippen MR) is 102 cm³/mol. The lowest BCUT2D eigenvalue weighted by Gasteiger charge is -2.13. The number of nitrogens with one attached hydrogen (secondary N) is 1. The summed E-state index contributed by atoms with van der Waals surface area (Å²) in [6.45, 7) is 2.83. The van der Waals surface area contributed by atoms with E-state index in [4.69, 9.17) is 37.4 Å². The third-order valence-electron chi connectivity index (χ3n) is 3.64. The van der Waals surface area contributed by atoms with Crippen molar-refractivity contribution >= 4 is 23.2 Å². The van der Waals surface area contributed by atoms with Crippen LogP contribution in [0.25, 0.3) is 0 Å². The maximum atomic E-state index is 6.03. The number of hydrogen-bond acceptors (Lipinski definition) is 4. The summed E-state index contributed by atoms with van der Waals surface area (Å²) in [6, 6.07) is 11.4. The molecule has 25 heavy (non-hydrogen) atoms. The summed E-state index contributed by atoms with van der Waals surface area (Å²) in [5.41, 5.74) is 2.08. The van der Waals surface area contributed by atoms with Gasteiger partial charge in [-0.15, -0.1) is 0 Å². The van der Waals surface area contributed by atoms with Crippen LogP contribution < -0.4 is 14.8 Å². The van der Waals surface area contributed by atoms with Crippen LogP contribution in [0.2, 0.25) is 10.0 Å². The van der Waals surface area contributed by atoms with E-state index in [2.05, 4.69) is 5.32 Å². The van der Waals surface area contributed by atoms with Crippen molar-refractivity contribution < 1.29 is 14.2 Å². The summed E-state index contributed by atoms with van der Waals surface area (Å²) in [5, 5.41) is 4.42. The minimum Gasteiger partial charge on any atom is -0.493 e. The van der Waals surface area contributed by atoms with Crippen molar-refractivity contribution in [3.05, 3.63) is 57.6 Å². The number of rotatable bonds is 10. The molecule has 136 valence electrons. The second-order valence-corrected chi connectivity index (χ2v) is 6.36. The van der Waals surface area contributed by atoms with Crippen LogP contribution in [0.5, 0.6) is 11.5 Å². The Morgan fingerprint density at radius 3 is 2.44 bits per heavy atom. The lowest BCUT2D eigenvalue weighted by molar-refractivity contribution is 0.194. The van der Waals surface area contributed by atoms with Crippen molar-refractivity contribution in [3.8, 4) is 11.5 Å². The number of ether oxygens (including phenoxy) is 3. The SMILES string of the molecule is COCCCNCc1ccc(OCc2ccc(Cl)c(Cl)c2)c(OC)c1. The van der Waals surface area contributed by atoms with Crippen molar-refractivity contribution in [1.82, 2.24) is 5.32 Å². The van der Waals surface area contributed by atoms with Crippen LogP contribution in [0, 0.1) is 0 Å². The van der Waals surface area contributed by atoms with Gasteiger partial charge in [-0.05, 0) is 48.4 Å². The quantitative estimate of drug-likeness (QED) is 0.603. The Kier molecular flexibility index (Phi) is 8.35. The minimum absolute atomic E-state index is 0.391. The van der Waals surface area contributed by atoms with Crippen LogP contribution in [0.1, 0.15) is 17.5 Å². The highest BCUT2D eigenvalue weighted by Crippen LogP contribution is 2.29.